The molecule has 6 nitrogen and oxygen atoms in total. The maximum Gasteiger partial charge on any atom is 0.191 e. The van der Waals surface area contributed by atoms with Crippen molar-refractivity contribution in [2.45, 2.75) is 6.61 Å². The minimum Gasteiger partial charge on any atom is -0.378 e. The van der Waals surface area contributed by atoms with Crippen molar-refractivity contribution in [1.82, 2.24) is 25.1 Å². The van der Waals surface area contributed by atoms with Crippen LogP contribution < -0.4 is 0 Å². The van der Waals surface area contributed by atoms with E-state index in [1.807, 2.05) is 0 Å². The molecule has 0 aliphatic carbocycles. The van der Waals surface area contributed by atoms with Crippen molar-refractivity contribution in [3.8, 4) is 11.6 Å². The van der Waals surface area contributed by atoms with Gasteiger partial charge in [0.1, 0.15) is 11.0 Å². The molecule has 0 radical (unpaired) electrons. The summed E-state index contributed by atoms with van der Waals surface area (Å²) >= 11 is 5.03. The molecule has 0 amide bonds. The third-order valence-corrected chi connectivity index (χ3v) is 1.95. The summed E-state index contributed by atoms with van der Waals surface area (Å²) in [6.07, 6.45) is 1.41. The van der Waals surface area contributed by atoms with Gasteiger partial charge in [0.2, 0.25) is 0 Å². The second-order valence-electron chi connectivity index (χ2n) is 2.86. The molecular formula is C8H9N5OS. The van der Waals surface area contributed by atoms with Gasteiger partial charge in [-0.05, 0) is 6.07 Å². The Labute approximate surface area is 90.7 Å². The Morgan fingerprint density at radius 1 is 1.47 bits per heavy atom. The summed E-state index contributed by atoms with van der Waals surface area (Å²) in [7, 11) is 1.62. The fourth-order valence-corrected chi connectivity index (χ4v) is 1.41. The Morgan fingerprint density at radius 2 is 2.33 bits per heavy atom. The first-order chi connectivity index (χ1) is 7.29. The summed E-state index contributed by atoms with van der Waals surface area (Å²) in [5, 5.41) is 6.45. The maximum atomic E-state index is 5.03. The summed E-state index contributed by atoms with van der Waals surface area (Å²) in [4.78, 5) is 11.2. The molecule has 0 aromatic carbocycles. The van der Waals surface area contributed by atoms with Crippen LogP contribution in [-0.4, -0.2) is 32.3 Å². The summed E-state index contributed by atoms with van der Waals surface area (Å²) < 4.78 is 5.50. The van der Waals surface area contributed by atoms with Crippen LogP contribution in [-0.2, 0) is 11.3 Å². The highest BCUT2D eigenvalue weighted by atomic mass is 32.1. The smallest absolute Gasteiger partial charge is 0.191 e. The second kappa shape index (κ2) is 4.28. The lowest BCUT2D eigenvalue weighted by Crippen LogP contribution is -1.98. The zero-order chi connectivity index (χ0) is 10.7. The molecule has 0 spiro atoms. The highest BCUT2D eigenvalue weighted by Gasteiger charge is 2.04. The maximum absolute atomic E-state index is 5.03. The number of methoxy groups -OCH3 is 1. The van der Waals surface area contributed by atoms with Gasteiger partial charge in [-0.15, -0.1) is 0 Å². The summed E-state index contributed by atoms with van der Waals surface area (Å²) in [5.74, 6) is 1.12. The van der Waals surface area contributed by atoms with Gasteiger partial charge in [-0.3, -0.25) is 5.10 Å². The largest absolute Gasteiger partial charge is 0.378 e. The molecule has 0 atom stereocenters. The van der Waals surface area contributed by atoms with Crippen molar-refractivity contribution in [3.63, 3.8) is 0 Å². The van der Waals surface area contributed by atoms with Crippen LogP contribution in [0.4, 0.5) is 0 Å². The third kappa shape index (κ3) is 2.25. The molecule has 0 fully saturated rings. The van der Waals surface area contributed by atoms with Gasteiger partial charge in [-0.1, -0.05) is 12.2 Å². The van der Waals surface area contributed by atoms with E-state index in [4.69, 9.17) is 17.0 Å². The molecule has 78 valence electrons. The van der Waals surface area contributed by atoms with Crippen LogP contribution in [0.15, 0.2) is 12.4 Å². The molecule has 2 N–H and O–H groups in total. The average Bonchev–Trinajstić information content (AvgIpc) is 2.70. The molecule has 0 bridgehead atoms. The first kappa shape index (κ1) is 9.94. The van der Waals surface area contributed by atoms with Crippen molar-refractivity contribution < 1.29 is 4.74 Å². The van der Waals surface area contributed by atoms with Crippen LogP contribution in [0.3, 0.4) is 0 Å². The van der Waals surface area contributed by atoms with Gasteiger partial charge in [0.15, 0.2) is 11.6 Å². The Bertz CT molecular complexity index is 492. The number of nitrogens with one attached hydrogen (secondary N) is 2. The topological polar surface area (TPSA) is 79.5 Å². The number of hydrogen-bond acceptors (Lipinski definition) is 5. The summed E-state index contributed by atoms with van der Waals surface area (Å²) in [6.45, 7) is 0.452. The van der Waals surface area contributed by atoms with E-state index >= 15 is 0 Å². The molecule has 15 heavy (non-hydrogen) atoms. The van der Waals surface area contributed by atoms with E-state index in [0.29, 0.717) is 22.9 Å². The van der Waals surface area contributed by atoms with Crippen molar-refractivity contribution in [2.75, 3.05) is 7.11 Å². The summed E-state index contributed by atoms with van der Waals surface area (Å²) in [5.41, 5.74) is 0.851. The van der Waals surface area contributed by atoms with Gasteiger partial charge in [0, 0.05) is 12.8 Å². The first-order valence-electron chi connectivity index (χ1n) is 4.24. The molecule has 0 saturated heterocycles. The lowest BCUT2D eigenvalue weighted by molar-refractivity contribution is 0.181. The fourth-order valence-electron chi connectivity index (χ4n) is 1.17. The van der Waals surface area contributed by atoms with E-state index in [2.05, 4.69) is 25.1 Å². The molecule has 0 saturated carbocycles. The molecular weight excluding hydrogens is 214 g/mol. The summed E-state index contributed by atoms with van der Waals surface area (Å²) in [6, 6.07) is 1.75. The minimum absolute atomic E-state index is 0.452. The van der Waals surface area contributed by atoms with Crippen LogP contribution in [0.1, 0.15) is 5.69 Å². The minimum atomic E-state index is 0.452. The van der Waals surface area contributed by atoms with Crippen LogP contribution in [0.5, 0.6) is 0 Å². The van der Waals surface area contributed by atoms with Gasteiger partial charge in [0.25, 0.3) is 0 Å². The van der Waals surface area contributed by atoms with Crippen molar-refractivity contribution >= 4 is 12.2 Å². The number of ether oxygens (including phenoxy) is 1. The van der Waals surface area contributed by atoms with Crippen molar-refractivity contribution in [2.24, 2.45) is 0 Å². The monoisotopic (exact) mass is 223 g/mol. The third-order valence-electron chi connectivity index (χ3n) is 1.74. The lowest BCUT2D eigenvalue weighted by Gasteiger charge is -2.02. The van der Waals surface area contributed by atoms with Crippen molar-refractivity contribution in [1.29, 1.82) is 0 Å². The number of aromatic amines is 2. The van der Waals surface area contributed by atoms with Crippen LogP contribution in [0.25, 0.3) is 11.6 Å². The zero-order valence-electron chi connectivity index (χ0n) is 8.02. The Balaban J connectivity index is 2.44. The molecule has 7 heteroatoms. The predicted octanol–water partition coefficient (Wildman–Crippen LogP) is 1.07. The van der Waals surface area contributed by atoms with Crippen LogP contribution in [0.2, 0.25) is 0 Å². The number of nitrogens with zero attached hydrogens (tertiary/aromatic N) is 3. The average molecular weight is 223 g/mol. The van der Waals surface area contributed by atoms with Crippen molar-refractivity contribution in [3.05, 3.63) is 22.7 Å². The van der Waals surface area contributed by atoms with Gasteiger partial charge in [-0.25, -0.2) is 9.97 Å². The quantitative estimate of drug-likeness (QED) is 0.761. The van der Waals surface area contributed by atoms with Gasteiger partial charge in [0.05, 0.1) is 6.61 Å². The normalized spacial score (nSPS) is 10.5. The number of H-pyrrole nitrogens is 2. The Kier molecular flexibility index (Phi) is 2.84. The van der Waals surface area contributed by atoms with Gasteiger partial charge in [-0.2, -0.15) is 5.10 Å². The van der Waals surface area contributed by atoms with E-state index in [1.54, 1.807) is 13.2 Å². The molecule has 0 aliphatic heterocycles. The molecule has 2 aromatic rings. The van der Waals surface area contributed by atoms with Crippen LogP contribution >= 0.6 is 12.2 Å². The molecule has 2 rings (SSSR count). The van der Waals surface area contributed by atoms with E-state index in [-0.39, 0.29) is 0 Å². The van der Waals surface area contributed by atoms with E-state index in [1.165, 1.54) is 6.33 Å². The standard InChI is InChI=1S/C8H9N5OS/c1-14-3-5-2-6(15)12-8(11-5)7-9-4-10-13-7/h2,4H,3H2,1H3,(H,9,10,13)(H,11,12,15). The van der Waals surface area contributed by atoms with Gasteiger partial charge >= 0.3 is 0 Å². The Morgan fingerprint density at radius 3 is 3.00 bits per heavy atom. The number of rotatable bonds is 3. The highest BCUT2D eigenvalue weighted by molar-refractivity contribution is 7.71. The molecule has 2 heterocycles. The fraction of sp³-hybridized carbons (Fsp3) is 0.250. The van der Waals surface area contributed by atoms with Crippen LogP contribution in [0, 0.1) is 4.64 Å². The number of hydrogen-bond donors (Lipinski definition) is 2. The molecule has 2 aromatic heterocycles. The number of aromatic nitrogens is 5. The second-order valence-corrected chi connectivity index (χ2v) is 3.28. The van der Waals surface area contributed by atoms with E-state index in [9.17, 15) is 0 Å². The highest BCUT2D eigenvalue weighted by Crippen LogP contribution is 2.08. The SMILES string of the molecule is COCc1cc(=S)nc(-c2ncn[nH]2)[nH]1. The lowest BCUT2D eigenvalue weighted by atomic mass is 10.4. The molecule has 0 unspecified atom stereocenters. The first-order valence-corrected chi connectivity index (χ1v) is 4.65. The van der Waals surface area contributed by atoms with Gasteiger partial charge < -0.3 is 9.72 Å². The molecule has 0 aliphatic rings. The van der Waals surface area contributed by atoms with E-state index < -0.39 is 0 Å². The zero-order valence-corrected chi connectivity index (χ0v) is 8.84. The Hall–Kier alpha value is -1.60. The predicted molar refractivity (Wildman–Crippen MR) is 55.5 cm³/mol. The van der Waals surface area contributed by atoms with E-state index in [0.717, 1.165) is 5.69 Å².